The molecule has 3 aliphatic heterocycles. The number of fused-ring (bicyclic) bond motifs is 2. The minimum Gasteiger partial charge on any atom is -0.489 e. The molecule has 1 aromatic heterocycles. The first-order valence-corrected chi connectivity index (χ1v) is 11.9. The molecule has 1 N–H and O–H groups in total. The summed E-state index contributed by atoms with van der Waals surface area (Å²) < 4.78 is 33.3. The number of carbonyl (C=O) groups is 1. The van der Waals surface area contributed by atoms with Crippen LogP contribution < -0.4 is 4.74 Å². The van der Waals surface area contributed by atoms with Crippen LogP contribution in [0.3, 0.4) is 0 Å². The fourth-order valence-electron chi connectivity index (χ4n) is 5.51. The first kappa shape index (κ1) is 23.1. The van der Waals surface area contributed by atoms with Crippen molar-refractivity contribution in [2.24, 2.45) is 0 Å². The fourth-order valence-corrected chi connectivity index (χ4v) is 5.61. The largest absolute Gasteiger partial charge is 0.489 e. The Morgan fingerprint density at radius 2 is 1.91 bits per heavy atom. The molecule has 2 aromatic rings. The number of halogens is 3. The molecule has 3 unspecified atom stereocenters. The van der Waals surface area contributed by atoms with Crippen LogP contribution in [0.4, 0.5) is 8.78 Å². The highest BCUT2D eigenvalue weighted by Crippen LogP contribution is 2.38. The van der Waals surface area contributed by atoms with Crippen LogP contribution in [-0.4, -0.2) is 75.9 Å². The molecule has 3 aliphatic rings. The zero-order chi connectivity index (χ0) is 23.8. The van der Waals surface area contributed by atoms with E-state index in [2.05, 4.69) is 14.9 Å². The summed E-state index contributed by atoms with van der Waals surface area (Å²) in [5.41, 5.74) is 0.600. The molecule has 0 radical (unpaired) electrons. The van der Waals surface area contributed by atoms with Crippen LogP contribution in [0, 0.1) is 11.2 Å². The second-order valence-electron chi connectivity index (χ2n) is 9.19. The van der Waals surface area contributed by atoms with Crippen molar-refractivity contribution >= 4 is 23.2 Å². The molecule has 1 aromatic carbocycles. The first-order chi connectivity index (χ1) is 16.4. The van der Waals surface area contributed by atoms with Gasteiger partial charge in [0.2, 0.25) is 0 Å². The van der Waals surface area contributed by atoms with Crippen LogP contribution in [0.1, 0.15) is 47.8 Å². The smallest absolute Gasteiger partial charge is 0.257 e. The third-order valence-electron chi connectivity index (χ3n) is 7.08. The van der Waals surface area contributed by atoms with Gasteiger partial charge >= 0.3 is 0 Å². The van der Waals surface area contributed by atoms with Gasteiger partial charge in [0.05, 0.1) is 23.0 Å². The number of nitrogens with one attached hydrogen (secondary N) is 1. The van der Waals surface area contributed by atoms with E-state index in [1.807, 2.05) is 0 Å². The lowest BCUT2D eigenvalue weighted by Crippen LogP contribution is -2.47. The summed E-state index contributed by atoms with van der Waals surface area (Å²) in [4.78, 5) is 25.5. The second-order valence-corrected chi connectivity index (χ2v) is 9.62. The van der Waals surface area contributed by atoms with Gasteiger partial charge in [0.15, 0.2) is 0 Å². The number of hydrogen-bond acceptors (Lipinski definition) is 6. The van der Waals surface area contributed by atoms with Crippen LogP contribution in [0.2, 0.25) is 5.02 Å². The summed E-state index contributed by atoms with van der Waals surface area (Å²) in [7, 11) is 0. The van der Waals surface area contributed by atoms with Crippen LogP contribution in [-0.2, 0) is 0 Å². The number of benzene rings is 1. The molecule has 180 valence electrons. The standard InChI is InChI=1S/C24H26ClF2N5O2/c25-14-10-29-23(30-11-14)20-12-31(13-21(20)28)24(33)19-4-1-15(27)7-22(19)34-18-8-16-2-3-17(9-18)32(16)6-5-26/h1,4,7,10-11,16-18,20,28H,2-3,5-6,8-9,12-13H2. The van der Waals surface area contributed by atoms with Gasteiger partial charge in [-0.1, -0.05) is 11.6 Å². The maximum absolute atomic E-state index is 14.1. The third-order valence-corrected chi connectivity index (χ3v) is 7.27. The maximum Gasteiger partial charge on any atom is 0.257 e. The van der Waals surface area contributed by atoms with E-state index in [4.69, 9.17) is 21.7 Å². The summed E-state index contributed by atoms with van der Waals surface area (Å²) in [5, 5.41) is 8.75. The summed E-state index contributed by atoms with van der Waals surface area (Å²) in [6.45, 7) is 0.457. The van der Waals surface area contributed by atoms with E-state index in [1.165, 1.54) is 30.6 Å². The summed E-state index contributed by atoms with van der Waals surface area (Å²) >= 11 is 5.86. The minimum atomic E-state index is -0.481. The maximum atomic E-state index is 14.1. The highest BCUT2D eigenvalue weighted by atomic mass is 35.5. The zero-order valence-electron chi connectivity index (χ0n) is 18.6. The molecule has 34 heavy (non-hydrogen) atoms. The Bertz CT molecular complexity index is 1070. The average Bonchev–Trinajstić information content (AvgIpc) is 3.30. The van der Waals surface area contributed by atoms with Gasteiger partial charge in [-0.05, 0) is 37.8 Å². The van der Waals surface area contributed by atoms with Gasteiger partial charge in [0.1, 0.15) is 30.2 Å². The summed E-state index contributed by atoms with van der Waals surface area (Å²) in [6, 6.07) is 4.45. The van der Waals surface area contributed by atoms with E-state index in [-0.39, 0.29) is 55.2 Å². The number of likely N-dealkylation sites (tertiary alicyclic amines) is 1. The second kappa shape index (κ2) is 9.54. The average molecular weight is 490 g/mol. The van der Waals surface area contributed by atoms with Crippen LogP contribution in [0.15, 0.2) is 30.6 Å². The lowest BCUT2D eigenvalue weighted by molar-refractivity contribution is 0.0447. The molecule has 3 saturated heterocycles. The molecule has 3 fully saturated rings. The molecule has 4 heterocycles. The van der Waals surface area contributed by atoms with Gasteiger partial charge in [-0.25, -0.2) is 18.7 Å². The molecule has 0 saturated carbocycles. The number of nitrogens with zero attached hydrogens (tertiary/aromatic N) is 4. The number of amides is 1. The van der Waals surface area contributed by atoms with E-state index in [1.54, 1.807) is 4.90 Å². The summed E-state index contributed by atoms with van der Waals surface area (Å²) in [6.07, 6.45) is 6.25. The van der Waals surface area contributed by atoms with Gasteiger partial charge < -0.3 is 15.0 Å². The normalized spacial score (nSPS) is 26.8. The zero-order valence-corrected chi connectivity index (χ0v) is 19.3. The SMILES string of the molecule is N=C1CN(C(=O)c2ccc(F)cc2OC2CC3CCC(C2)N3CCF)CC1c1ncc(Cl)cn1. The Balaban J connectivity index is 1.32. The number of alkyl halides is 1. The molecule has 7 nitrogen and oxygen atoms in total. The van der Waals surface area contributed by atoms with E-state index in [9.17, 15) is 13.6 Å². The molecule has 1 amide bonds. The molecular weight excluding hydrogens is 464 g/mol. The topological polar surface area (TPSA) is 82.4 Å². The number of piperidine rings is 1. The number of carbonyl (C=O) groups excluding carboxylic acids is 1. The number of rotatable bonds is 6. The van der Waals surface area contributed by atoms with Crippen LogP contribution >= 0.6 is 11.6 Å². The Kier molecular flexibility index (Phi) is 6.48. The Morgan fingerprint density at radius 1 is 1.21 bits per heavy atom. The van der Waals surface area contributed by atoms with Crippen molar-refractivity contribution in [1.82, 2.24) is 19.8 Å². The number of hydrogen-bond donors (Lipinski definition) is 1. The fraction of sp³-hybridized carbons (Fsp3) is 0.500. The Hall–Kier alpha value is -2.65. The third kappa shape index (κ3) is 4.51. The van der Waals surface area contributed by atoms with Crippen molar-refractivity contribution in [3.8, 4) is 5.75 Å². The molecule has 5 rings (SSSR count). The van der Waals surface area contributed by atoms with E-state index in [0.29, 0.717) is 23.1 Å². The van der Waals surface area contributed by atoms with Crippen LogP contribution in [0.5, 0.6) is 5.75 Å². The first-order valence-electron chi connectivity index (χ1n) is 11.5. The summed E-state index contributed by atoms with van der Waals surface area (Å²) in [5.74, 6) is -0.566. The lowest BCUT2D eigenvalue weighted by atomic mass is 9.99. The Morgan fingerprint density at radius 3 is 2.59 bits per heavy atom. The van der Waals surface area contributed by atoms with Crippen molar-refractivity contribution < 1.29 is 18.3 Å². The predicted octanol–water partition coefficient (Wildman–Crippen LogP) is 3.87. The van der Waals surface area contributed by atoms with Gasteiger partial charge in [0, 0.05) is 49.3 Å². The van der Waals surface area contributed by atoms with Crippen molar-refractivity contribution in [2.45, 2.75) is 49.8 Å². The molecular formula is C24H26ClF2N5O2. The van der Waals surface area contributed by atoms with Gasteiger partial charge in [0.25, 0.3) is 5.91 Å². The van der Waals surface area contributed by atoms with Crippen molar-refractivity contribution in [3.05, 3.63) is 52.8 Å². The molecule has 2 bridgehead atoms. The molecule has 0 aliphatic carbocycles. The number of ether oxygens (including phenoxy) is 1. The van der Waals surface area contributed by atoms with E-state index < -0.39 is 11.7 Å². The molecule has 3 atom stereocenters. The number of aromatic nitrogens is 2. The van der Waals surface area contributed by atoms with Crippen molar-refractivity contribution in [2.75, 3.05) is 26.3 Å². The van der Waals surface area contributed by atoms with Crippen molar-refractivity contribution in [3.63, 3.8) is 0 Å². The van der Waals surface area contributed by atoms with Gasteiger partial charge in [-0.2, -0.15) is 0 Å². The monoisotopic (exact) mass is 489 g/mol. The lowest BCUT2D eigenvalue weighted by Gasteiger charge is -2.38. The predicted molar refractivity (Wildman–Crippen MR) is 123 cm³/mol. The minimum absolute atomic E-state index is 0.137. The van der Waals surface area contributed by atoms with Gasteiger partial charge in [-0.15, -0.1) is 0 Å². The molecule has 0 spiro atoms. The highest BCUT2D eigenvalue weighted by Gasteiger charge is 2.42. The quantitative estimate of drug-likeness (QED) is 0.666. The molecule has 10 heteroatoms. The highest BCUT2D eigenvalue weighted by molar-refractivity contribution is 6.30. The Labute approximate surface area is 201 Å². The van der Waals surface area contributed by atoms with Crippen molar-refractivity contribution in [1.29, 1.82) is 5.41 Å². The van der Waals surface area contributed by atoms with E-state index in [0.717, 1.165) is 25.7 Å². The van der Waals surface area contributed by atoms with Gasteiger partial charge in [-0.3, -0.25) is 9.69 Å². The van der Waals surface area contributed by atoms with E-state index >= 15 is 0 Å². The van der Waals surface area contributed by atoms with Crippen LogP contribution in [0.25, 0.3) is 0 Å².